The summed E-state index contributed by atoms with van der Waals surface area (Å²) in [5.41, 5.74) is 8.58. The minimum absolute atomic E-state index is 0.00855. The van der Waals surface area contributed by atoms with Gasteiger partial charge in [0.05, 0.1) is 23.3 Å². The summed E-state index contributed by atoms with van der Waals surface area (Å²) in [5.74, 6) is -0.720. The summed E-state index contributed by atoms with van der Waals surface area (Å²) in [7, 11) is 0. The molecule has 3 aromatic rings. The Kier molecular flexibility index (Phi) is 5.66. The van der Waals surface area contributed by atoms with Gasteiger partial charge in [-0.1, -0.05) is 55.0 Å². The standard InChI is InChI=1S/C24H24N4O3/c1-14-7-9-16(10-8-14)21-12-19(17-5-3-4-6-20(17)26-21)24(31)28-27-22(29)13-25-23(30)18-11-15(18)2/h3-10,12,15,18H,11,13H2,1-2H3,(H,25,30)(H,27,29)(H,28,31). The summed E-state index contributed by atoms with van der Waals surface area (Å²) in [6.45, 7) is 3.81. The molecule has 1 saturated carbocycles. The van der Waals surface area contributed by atoms with Gasteiger partial charge in [-0.25, -0.2) is 4.98 Å². The quantitative estimate of drug-likeness (QED) is 0.557. The highest BCUT2D eigenvalue weighted by atomic mass is 16.2. The van der Waals surface area contributed by atoms with Crippen molar-refractivity contribution in [2.75, 3.05) is 6.54 Å². The lowest BCUT2D eigenvalue weighted by molar-refractivity contribution is -0.127. The molecule has 1 fully saturated rings. The molecule has 1 aliphatic rings. The topological polar surface area (TPSA) is 100 Å². The largest absolute Gasteiger partial charge is 0.347 e. The fourth-order valence-corrected chi connectivity index (χ4v) is 3.46. The molecule has 7 heteroatoms. The van der Waals surface area contributed by atoms with Crippen LogP contribution in [0.25, 0.3) is 22.2 Å². The molecule has 2 atom stereocenters. The average Bonchev–Trinajstić information content (AvgIpc) is 3.52. The van der Waals surface area contributed by atoms with Gasteiger partial charge in [-0.3, -0.25) is 25.2 Å². The summed E-state index contributed by atoms with van der Waals surface area (Å²) in [6.07, 6.45) is 0.850. The zero-order valence-electron chi connectivity index (χ0n) is 17.4. The van der Waals surface area contributed by atoms with Gasteiger partial charge in [0.1, 0.15) is 0 Å². The second-order valence-corrected chi connectivity index (χ2v) is 7.98. The minimum atomic E-state index is -0.493. The molecule has 2 unspecified atom stereocenters. The van der Waals surface area contributed by atoms with Gasteiger partial charge in [0, 0.05) is 16.9 Å². The highest BCUT2D eigenvalue weighted by Crippen LogP contribution is 2.37. The number of carbonyl (C=O) groups excluding carboxylic acids is 3. The summed E-state index contributed by atoms with van der Waals surface area (Å²) in [4.78, 5) is 41.4. The predicted molar refractivity (Wildman–Crippen MR) is 118 cm³/mol. The lowest BCUT2D eigenvalue weighted by atomic mass is 10.0. The first-order valence-corrected chi connectivity index (χ1v) is 10.3. The molecule has 0 spiro atoms. The van der Waals surface area contributed by atoms with Crippen LogP contribution in [0.2, 0.25) is 0 Å². The van der Waals surface area contributed by atoms with E-state index in [-0.39, 0.29) is 18.4 Å². The van der Waals surface area contributed by atoms with Crippen molar-refractivity contribution in [3.05, 3.63) is 65.7 Å². The molecule has 1 heterocycles. The van der Waals surface area contributed by atoms with E-state index in [2.05, 4.69) is 21.2 Å². The monoisotopic (exact) mass is 416 g/mol. The molecule has 3 amide bonds. The molecule has 0 saturated heterocycles. The first kappa shape index (κ1) is 20.5. The Morgan fingerprint density at radius 3 is 2.45 bits per heavy atom. The molecule has 1 aromatic heterocycles. The van der Waals surface area contributed by atoms with E-state index in [4.69, 9.17) is 0 Å². The maximum Gasteiger partial charge on any atom is 0.270 e. The first-order chi connectivity index (χ1) is 14.9. The molecule has 158 valence electrons. The molecule has 1 aliphatic carbocycles. The number of hydrazine groups is 1. The predicted octanol–water partition coefficient (Wildman–Crippen LogP) is 2.74. The molecule has 2 aromatic carbocycles. The molecule has 3 N–H and O–H groups in total. The molecular weight excluding hydrogens is 392 g/mol. The summed E-state index contributed by atoms with van der Waals surface area (Å²) in [5, 5.41) is 3.27. The van der Waals surface area contributed by atoms with Gasteiger partial charge in [0.2, 0.25) is 5.91 Å². The van der Waals surface area contributed by atoms with E-state index in [1.54, 1.807) is 6.07 Å². The van der Waals surface area contributed by atoms with Crippen LogP contribution in [0.15, 0.2) is 54.6 Å². The molecule has 4 rings (SSSR count). The SMILES string of the molecule is Cc1ccc(-c2cc(C(=O)NNC(=O)CNC(=O)C3CC3C)c3ccccc3n2)cc1. The number of amides is 3. The van der Waals surface area contributed by atoms with Gasteiger partial charge in [0.25, 0.3) is 11.8 Å². The number of nitrogens with zero attached hydrogens (tertiary/aromatic N) is 1. The number of benzene rings is 2. The molecule has 0 bridgehead atoms. The third-order valence-electron chi connectivity index (χ3n) is 5.49. The second-order valence-electron chi connectivity index (χ2n) is 7.98. The van der Waals surface area contributed by atoms with E-state index < -0.39 is 11.8 Å². The molecule has 31 heavy (non-hydrogen) atoms. The first-order valence-electron chi connectivity index (χ1n) is 10.3. The van der Waals surface area contributed by atoms with E-state index >= 15 is 0 Å². The summed E-state index contributed by atoms with van der Waals surface area (Å²) >= 11 is 0. The van der Waals surface area contributed by atoms with Crippen LogP contribution in [0, 0.1) is 18.8 Å². The van der Waals surface area contributed by atoms with Gasteiger partial charge in [-0.2, -0.15) is 0 Å². The van der Waals surface area contributed by atoms with Crippen LogP contribution in [0.1, 0.15) is 29.3 Å². The van der Waals surface area contributed by atoms with E-state index in [0.717, 1.165) is 17.5 Å². The number of pyridine rings is 1. The Morgan fingerprint density at radius 2 is 1.74 bits per heavy atom. The normalized spacial score (nSPS) is 17.1. The van der Waals surface area contributed by atoms with Crippen molar-refractivity contribution >= 4 is 28.6 Å². The Balaban J connectivity index is 1.48. The second kappa shape index (κ2) is 8.55. The maximum absolute atomic E-state index is 12.9. The molecule has 7 nitrogen and oxygen atoms in total. The maximum atomic E-state index is 12.9. The Labute approximate surface area is 180 Å². The number of para-hydroxylation sites is 1. The summed E-state index contributed by atoms with van der Waals surface area (Å²) < 4.78 is 0. The number of nitrogens with one attached hydrogen (secondary N) is 3. The number of hydrogen-bond donors (Lipinski definition) is 3. The van der Waals surface area contributed by atoms with Crippen LogP contribution in [0.4, 0.5) is 0 Å². The fourth-order valence-electron chi connectivity index (χ4n) is 3.46. The third-order valence-corrected chi connectivity index (χ3v) is 5.49. The third kappa shape index (κ3) is 4.71. The molecule has 0 aliphatic heterocycles. The van der Waals surface area contributed by atoms with Crippen molar-refractivity contribution < 1.29 is 14.4 Å². The van der Waals surface area contributed by atoms with Gasteiger partial charge in [-0.05, 0) is 31.4 Å². The number of fused-ring (bicyclic) bond motifs is 1. The van der Waals surface area contributed by atoms with Gasteiger partial charge >= 0.3 is 0 Å². The number of hydrogen-bond acceptors (Lipinski definition) is 4. The van der Waals surface area contributed by atoms with E-state index in [0.29, 0.717) is 28.1 Å². The minimum Gasteiger partial charge on any atom is -0.347 e. The van der Waals surface area contributed by atoms with Crippen LogP contribution in [0.5, 0.6) is 0 Å². The highest BCUT2D eigenvalue weighted by molar-refractivity contribution is 6.07. The van der Waals surface area contributed by atoms with Crippen molar-refractivity contribution in [2.45, 2.75) is 20.3 Å². The fraction of sp³-hybridized carbons (Fsp3) is 0.250. The van der Waals surface area contributed by atoms with Crippen LogP contribution in [-0.2, 0) is 9.59 Å². The van der Waals surface area contributed by atoms with E-state index in [1.807, 2.05) is 62.4 Å². The van der Waals surface area contributed by atoms with Crippen molar-refractivity contribution in [1.82, 2.24) is 21.2 Å². The number of aromatic nitrogens is 1. The van der Waals surface area contributed by atoms with Crippen LogP contribution in [0.3, 0.4) is 0 Å². The van der Waals surface area contributed by atoms with E-state index in [1.165, 1.54) is 0 Å². The van der Waals surface area contributed by atoms with Crippen LogP contribution >= 0.6 is 0 Å². The molecular formula is C24H24N4O3. The zero-order valence-corrected chi connectivity index (χ0v) is 17.4. The Hall–Kier alpha value is -3.74. The average molecular weight is 416 g/mol. The number of carbonyl (C=O) groups is 3. The van der Waals surface area contributed by atoms with Crippen molar-refractivity contribution in [1.29, 1.82) is 0 Å². The van der Waals surface area contributed by atoms with Crippen molar-refractivity contribution in [3.63, 3.8) is 0 Å². The van der Waals surface area contributed by atoms with Gasteiger partial charge in [0.15, 0.2) is 0 Å². The van der Waals surface area contributed by atoms with Crippen molar-refractivity contribution in [2.24, 2.45) is 11.8 Å². The number of aryl methyl sites for hydroxylation is 1. The smallest absolute Gasteiger partial charge is 0.270 e. The lowest BCUT2D eigenvalue weighted by Crippen LogP contribution is -2.46. The Morgan fingerprint density at radius 1 is 1.03 bits per heavy atom. The molecule has 0 radical (unpaired) electrons. The van der Waals surface area contributed by atoms with Crippen LogP contribution in [-0.4, -0.2) is 29.3 Å². The van der Waals surface area contributed by atoms with E-state index in [9.17, 15) is 14.4 Å². The van der Waals surface area contributed by atoms with Crippen molar-refractivity contribution in [3.8, 4) is 11.3 Å². The van der Waals surface area contributed by atoms with Gasteiger partial charge < -0.3 is 5.32 Å². The number of rotatable bonds is 5. The van der Waals surface area contributed by atoms with Gasteiger partial charge in [-0.15, -0.1) is 0 Å². The zero-order chi connectivity index (χ0) is 22.0. The lowest BCUT2D eigenvalue weighted by Gasteiger charge is -2.12. The van der Waals surface area contributed by atoms with Crippen LogP contribution < -0.4 is 16.2 Å². The highest BCUT2D eigenvalue weighted by Gasteiger charge is 2.38. The summed E-state index contributed by atoms with van der Waals surface area (Å²) in [6, 6.07) is 17.0. The Bertz CT molecular complexity index is 1160.